The first-order valence-electron chi connectivity index (χ1n) is 14.5. The minimum atomic E-state index is -0.958. The number of benzene rings is 3. The highest BCUT2D eigenvalue weighted by Crippen LogP contribution is 2.35. The minimum Gasteiger partial charge on any atom is -0.463 e. The number of piperazine rings is 1. The Balaban J connectivity index is 1.60. The summed E-state index contributed by atoms with van der Waals surface area (Å²) in [6.45, 7) is 4.91. The summed E-state index contributed by atoms with van der Waals surface area (Å²) in [5, 5.41) is 11.7. The Morgan fingerprint density at radius 2 is 1.80 bits per heavy atom. The molecule has 1 saturated heterocycles. The van der Waals surface area contributed by atoms with E-state index in [9.17, 15) is 24.1 Å². The smallest absolute Gasteiger partial charge is 0.338 e. The van der Waals surface area contributed by atoms with Gasteiger partial charge in [-0.2, -0.15) is 0 Å². The zero-order valence-electron chi connectivity index (χ0n) is 24.7. The average Bonchev–Trinajstić information content (AvgIpc) is 3.35. The van der Waals surface area contributed by atoms with Crippen molar-refractivity contribution in [2.24, 2.45) is 4.99 Å². The third kappa shape index (κ3) is 5.94. The molecule has 0 bridgehead atoms. The van der Waals surface area contributed by atoms with Crippen molar-refractivity contribution < 1.29 is 18.8 Å². The molecule has 230 valence electrons. The maximum absolute atomic E-state index is 14.3. The molecule has 1 atom stereocenters. The van der Waals surface area contributed by atoms with Crippen LogP contribution < -0.4 is 19.8 Å². The van der Waals surface area contributed by atoms with Gasteiger partial charge in [-0.25, -0.2) is 14.2 Å². The maximum Gasteiger partial charge on any atom is 0.338 e. The van der Waals surface area contributed by atoms with Crippen molar-refractivity contribution in [1.29, 1.82) is 0 Å². The first-order chi connectivity index (χ1) is 21.7. The number of hydrogen-bond donors (Lipinski definition) is 0. The number of rotatable bonds is 7. The normalized spacial score (nSPS) is 17.2. The average molecular weight is 628 g/mol. The van der Waals surface area contributed by atoms with E-state index in [-0.39, 0.29) is 22.4 Å². The number of carbonyl (C=O) groups is 1. The van der Waals surface area contributed by atoms with Crippen LogP contribution in [0.25, 0.3) is 11.8 Å². The van der Waals surface area contributed by atoms with Gasteiger partial charge >= 0.3 is 5.97 Å². The predicted octanol–water partition coefficient (Wildman–Crippen LogP) is 3.73. The molecule has 3 heterocycles. The number of likely N-dealkylation sites (N-methyl/N-ethyl adjacent to an activating group) is 1. The molecule has 6 rings (SSSR count). The van der Waals surface area contributed by atoms with Crippen LogP contribution in [0.3, 0.4) is 0 Å². The molecule has 1 aromatic heterocycles. The van der Waals surface area contributed by atoms with Crippen molar-refractivity contribution in [2.75, 3.05) is 44.7 Å². The summed E-state index contributed by atoms with van der Waals surface area (Å²) in [7, 11) is 2.04. The number of nitro benzene ring substituents is 1. The monoisotopic (exact) mass is 627 g/mol. The van der Waals surface area contributed by atoms with Crippen molar-refractivity contribution >= 4 is 40.5 Å². The quantitative estimate of drug-likeness (QED) is 0.175. The van der Waals surface area contributed by atoms with E-state index in [1.165, 1.54) is 41.0 Å². The molecular formula is C33H30FN5O5S. The highest BCUT2D eigenvalue weighted by Gasteiger charge is 2.35. The van der Waals surface area contributed by atoms with Crippen LogP contribution in [0, 0.1) is 15.9 Å². The van der Waals surface area contributed by atoms with E-state index in [0.717, 1.165) is 43.2 Å². The summed E-state index contributed by atoms with van der Waals surface area (Å²) in [6.07, 6.45) is 1.66. The molecule has 2 aliphatic heterocycles. The second-order valence-electron chi connectivity index (χ2n) is 10.8. The first-order valence-corrected chi connectivity index (χ1v) is 15.3. The Bertz CT molecular complexity index is 1980. The van der Waals surface area contributed by atoms with Crippen LogP contribution in [0.15, 0.2) is 88.2 Å². The van der Waals surface area contributed by atoms with E-state index < -0.39 is 28.3 Å². The number of anilines is 1. The third-order valence-corrected chi connectivity index (χ3v) is 8.89. The molecule has 4 aromatic rings. The second-order valence-corrected chi connectivity index (χ2v) is 11.8. The molecule has 0 aliphatic carbocycles. The Morgan fingerprint density at radius 3 is 2.47 bits per heavy atom. The van der Waals surface area contributed by atoms with Gasteiger partial charge in [-0.05, 0) is 43.8 Å². The van der Waals surface area contributed by atoms with Crippen molar-refractivity contribution in [3.8, 4) is 0 Å². The number of nitro groups is 1. The summed E-state index contributed by atoms with van der Waals surface area (Å²) in [5.74, 6) is -1.10. The number of nitrogens with zero attached hydrogens (tertiary/aromatic N) is 5. The fourth-order valence-corrected chi connectivity index (χ4v) is 6.64. The molecule has 1 unspecified atom stereocenters. The van der Waals surface area contributed by atoms with E-state index in [1.54, 1.807) is 19.1 Å². The molecule has 0 N–H and O–H groups in total. The van der Waals surface area contributed by atoms with Crippen LogP contribution in [0.2, 0.25) is 0 Å². The van der Waals surface area contributed by atoms with Gasteiger partial charge in [-0.1, -0.05) is 53.8 Å². The summed E-state index contributed by atoms with van der Waals surface area (Å²) < 4.78 is 21.2. The summed E-state index contributed by atoms with van der Waals surface area (Å²) in [5.41, 5.74) is 2.46. The van der Waals surface area contributed by atoms with Crippen molar-refractivity contribution in [1.82, 2.24) is 9.47 Å². The molecule has 1 fully saturated rings. The highest BCUT2D eigenvalue weighted by atomic mass is 32.1. The molecule has 0 radical (unpaired) electrons. The number of thiazole rings is 1. The zero-order valence-corrected chi connectivity index (χ0v) is 25.5. The van der Waals surface area contributed by atoms with Gasteiger partial charge in [0, 0.05) is 55.1 Å². The lowest BCUT2D eigenvalue weighted by Gasteiger charge is -2.34. The summed E-state index contributed by atoms with van der Waals surface area (Å²) in [6, 6.07) is 18.5. The molecule has 3 aromatic carbocycles. The van der Waals surface area contributed by atoms with Gasteiger partial charge in [-0.15, -0.1) is 0 Å². The molecule has 2 aliphatic rings. The van der Waals surface area contributed by atoms with Crippen molar-refractivity contribution in [3.63, 3.8) is 0 Å². The van der Waals surface area contributed by atoms with Crippen LogP contribution in [0.4, 0.5) is 15.8 Å². The lowest BCUT2D eigenvalue weighted by atomic mass is 9.93. The van der Waals surface area contributed by atoms with E-state index in [1.807, 2.05) is 37.4 Å². The number of non-ortho nitro benzene ring substituents is 1. The van der Waals surface area contributed by atoms with E-state index >= 15 is 0 Å². The zero-order chi connectivity index (χ0) is 31.7. The standard InChI is InChI=1S/C33H30FN5O5S/c1-3-44-32(41)28-29(21-7-5-4-6-8-21)35-33-38(30(28)22-9-11-24(34)12-10-22)31(40)27(45-33)20-23-19-25(39(42)43)13-14-26(23)37-17-15-36(2)16-18-37/h4-14,19-20,30H,3,15-18H2,1-2H3. The van der Waals surface area contributed by atoms with E-state index in [0.29, 0.717) is 27.2 Å². The lowest BCUT2D eigenvalue weighted by Crippen LogP contribution is -2.44. The van der Waals surface area contributed by atoms with Crippen LogP contribution in [0.5, 0.6) is 0 Å². The first kappa shape index (κ1) is 30.1. The number of halogens is 1. The molecule has 0 spiro atoms. The molecule has 12 heteroatoms. The Morgan fingerprint density at radius 1 is 1.09 bits per heavy atom. The van der Waals surface area contributed by atoms with Crippen LogP contribution in [0.1, 0.15) is 29.7 Å². The van der Waals surface area contributed by atoms with Gasteiger partial charge in [0.15, 0.2) is 4.80 Å². The predicted molar refractivity (Wildman–Crippen MR) is 170 cm³/mol. The van der Waals surface area contributed by atoms with Gasteiger partial charge in [0.05, 0.1) is 33.4 Å². The highest BCUT2D eigenvalue weighted by molar-refractivity contribution is 7.07. The number of aromatic nitrogens is 1. The van der Waals surface area contributed by atoms with E-state index in [2.05, 4.69) is 9.80 Å². The second kappa shape index (κ2) is 12.6. The number of hydrogen-bond acceptors (Lipinski definition) is 9. The fraction of sp³-hybridized carbons (Fsp3) is 0.242. The summed E-state index contributed by atoms with van der Waals surface area (Å²) >= 11 is 1.13. The van der Waals surface area contributed by atoms with Crippen molar-refractivity contribution in [3.05, 3.63) is 131 Å². The molecule has 45 heavy (non-hydrogen) atoms. The Kier molecular flexibility index (Phi) is 8.42. The lowest BCUT2D eigenvalue weighted by molar-refractivity contribution is -0.384. The van der Waals surface area contributed by atoms with Gasteiger partial charge in [0.2, 0.25) is 0 Å². The Labute approximate surface area is 261 Å². The Hall–Kier alpha value is -4.94. The number of ether oxygens (including phenoxy) is 1. The maximum atomic E-state index is 14.3. The molecule has 10 nitrogen and oxygen atoms in total. The SMILES string of the molecule is CCOC(=O)C1=C(c2ccccc2)N=c2sc(=Cc3cc([N+](=O)[O-])ccc3N3CCN(C)CC3)c(=O)n2C1c1ccc(F)cc1. The van der Waals surface area contributed by atoms with Gasteiger partial charge < -0.3 is 14.5 Å². The fourth-order valence-electron chi connectivity index (χ4n) is 5.65. The third-order valence-electron chi connectivity index (χ3n) is 7.91. The van der Waals surface area contributed by atoms with E-state index in [4.69, 9.17) is 9.73 Å². The molecule has 0 amide bonds. The summed E-state index contributed by atoms with van der Waals surface area (Å²) in [4.78, 5) is 48.6. The van der Waals surface area contributed by atoms with Crippen LogP contribution >= 0.6 is 11.3 Å². The number of carbonyl (C=O) groups excluding carboxylic acids is 1. The van der Waals surface area contributed by atoms with Gasteiger partial charge in [0.1, 0.15) is 5.82 Å². The van der Waals surface area contributed by atoms with Gasteiger partial charge in [0.25, 0.3) is 11.2 Å². The topological polar surface area (TPSA) is 110 Å². The minimum absolute atomic E-state index is 0.0907. The number of fused-ring (bicyclic) bond motifs is 1. The number of esters is 1. The molecule has 0 saturated carbocycles. The van der Waals surface area contributed by atoms with Crippen LogP contribution in [-0.4, -0.2) is 60.2 Å². The van der Waals surface area contributed by atoms with Crippen molar-refractivity contribution in [2.45, 2.75) is 13.0 Å². The van der Waals surface area contributed by atoms with Crippen LogP contribution in [-0.2, 0) is 9.53 Å². The molecular weight excluding hydrogens is 597 g/mol. The van der Waals surface area contributed by atoms with Gasteiger partial charge in [-0.3, -0.25) is 19.5 Å². The largest absolute Gasteiger partial charge is 0.463 e.